The van der Waals surface area contributed by atoms with E-state index in [1.165, 1.54) is 24.4 Å². The molecule has 2 aromatic rings. The summed E-state index contributed by atoms with van der Waals surface area (Å²) >= 11 is 1.24. The van der Waals surface area contributed by atoms with Crippen LogP contribution >= 0.6 is 11.8 Å². The van der Waals surface area contributed by atoms with Gasteiger partial charge < -0.3 is 5.32 Å². The molecule has 150 valence electrons. The van der Waals surface area contributed by atoms with Crippen LogP contribution in [-0.2, 0) is 16.8 Å². The van der Waals surface area contributed by atoms with Gasteiger partial charge in [0.15, 0.2) is 11.0 Å². The Hall–Kier alpha value is -2.61. The van der Waals surface area contributed by atoms with Gasteiger partial charge in [-0.1, -0.05) is 62.9 Å². The number of carbonyl (C=O) groups excluding carboxylic acids is 2. The third-order valence-corrected chi connectivity index (χ3v) is 5.23. The molecule has 1 heterocycles. The number of nitrogens with zero attached hydrogens (tertiary/aromatic N) is 3. The number of hydrogen-bond donors (Lipinski definition) is 2. The molecule has 0 aliphatic rings. The highest BCUT2D eigenvalue weighted by molar-refractivity contribution is 8.00. The van der Waals surface area contributed by atoms with Gasteiger partial charge in [0.1, 0.15) is 0 Å². The highest BCUT2D eigenvalue weighted by atomic mass is 32.2. The van der Waals surface area contributed by atoms with E-state index in [-0.39, 0.29) is 5.41 Å². The third-order valence-electron chi connectivity index (χ3n) is 4.15. The number of carbonyl (C=O) groups is 2. The van der Waals surface area contributed by atoms with Gasteiger partial charge in [-0.25, -0.2) is 4.79 Å². The van der Waals surface area contributed by atoms with Gasteiger partial charge >= 0.3 is 6.03 Å². The van der Waals surface area contributed by atoms with E-state index in [4.69, 9.17) is 0 Å². The van der Waals surface area contributed by atoms with Gasteiger partial charge in [-0.2, -0.15) is 0 Å². The van der Waals surface area contributed by atoms with E-state index in [9.17, 15) is 9.59 Å². The molecule has 7 nitrogen and oxygen atoms in total. The third kappa shape index (κ3) is 5.22. The molecule has 0 aliphatic heterocycles. The Morgan fingerprint density at radius 1 is 1.25 bits per heavy atom. The Morgan fingerprint density at radius 3 is 2.43 bits per heavy atom. The second-order valence-corrected chi connectivity index (χ2v) is 8.67. The first-order valence-corrected chi connectivity index (χ1v) is 9.89. The van der Waals surface area contributed by atoms with Crippen LogP contribution in [0.3, 0.4) is 0 Å². The van der Waals surface area contributed by atoms with Crippen LogP contribution in [0.2, 0.25) is 0 Å². The number of hydrogen-bond acceptors (Lipinski definition) is 5. The molecular weight excluding hydrogens is 374 g/mol. The normalized spacial score (nSPS) is 12.3. The first-order valence-electron chi connectivity index (χ1n) is 9.01. The number of rotatable bonds is 6. The molecule has 2 N–H and O–H groups in total. The number of urea groups is 1. The quantitative estimate of drug-likeness (QED) is 0.572. The van der Waals surface area contributed by atoms with Crippen molar-refractivity contribution in [2.24, 2.45) is 0 Å². The molecule has 0 fully saturated rings. The summed E-state index contributed by atoms with van der Waals surface area (Å²) in [7, 11) is 1.46. The minimum absolute atomic E-state index is 0.0713. The Labute approximate surface area is 170 Å². The topological polar surface area (TPSA) is 88.9 Å². The van der Waals surface area contributed by atoms with Gasteiger partial charge in [0, 0.05) is 19.2 Å². The number of nitrogens with one attached hydrogen (secondary N) is 2. The lowest BCUT2D eigenvalue weighted by molar-refractivity contribution is -0.119. The fourth-order valence-corrected chi connectivity index (χ4v) is 3.35. The van der Waals surface area contributed by atoms with E-state index in [2.05, 4.69) is 60.3 Å². The summed E-state index contributed by atoms with van der Waals surface area (Å²) in [5.41, 5.74) is 2.25. The smallest absolute Gasteiger partial charge is 0.321 e. The molecule has 0 bridgehead atoms. The van der Waals surface area contributed by atoms with Crippen LogP contribution < -0.4 is 10.6 Å². The zero-order chi connectivity index (χ0) is 20.9. The Balaban J connectivity index is 2.27. The van der Waals surface area contributed by atoms with Crippen LogP contribution in [0.15, 0.2) is 42.1 Å². The van der Waals surface area contributed by atoms with Crippen LogP contribution in [-0.4, -0.2) is 39.0 Å². The molecule has 0 saturated heterocycles. The van der Waals surface area contributed by atoms with E-state index in [0.717, 1.165) is 5.56 Å². The molecule has 1 aromatic carbocycles. The summed E-state index contributed by atoms with van der Waals surface area (Å²) in [6, 6.07) is 7.70. The summed E-state index contributed by atoms with van der Waals surface area (Å²) in [6.45, 7) is 12.5. The SMILES string of the molecule is C=CCn1c(S[C@H](C)C(=O)NC(=O)NC)nnc1-c1ccc(C(C)(C)C)cc1. The first kappa shape index (κ1) is 21.7. The molecule has 0 saturated carbocycles. The molecule has 28 heavy (non-hydrogen) atoms. The van der Waals surface area contributed by atoms with E-state index < -0.39 is 17.2 Å². The number of amides is 3. The van der Waals surface area contributed by atoms with Gasteiger partial charge in [0.2, 0.25) is 5.91 Å². The molecule has 1 aromatic heterocycles. The molecular formula is C20H27N5O2S. The van der Waals surface area contributed by atoms with Crippen LogP contribution in [0, 0.1) is 0 Å². The maximum absolute atomic E-state index is 12.1. The highest BCUT2D eigenvalue weighted by Gasteiger charge is 2.22. The highest BCUT2D eigenvalue weighted by Crippen LogP contribution is 2.29. The first-order chi connectivity index (χ1) is 13.2. The summed E-state index contributed by atoms with van der Waals surface area (Å²) < 4.78 is 1.91. The predicted molar refractivity (Wildman–Crippen MR) is 112 cm³/mol. The van der Waals surface area contributed by atoms with Crippen molar-refractivity contribution in [3.05, 3.63) is 42.5 Å². The number of thioether (sulfide) groups is 1. The molecule has 0 aliphatic carbocycles. The Bertz CT molecular complexity index is 852. The van der Waals surface area contributed by atoms with Gasteiger partial charge in [-0.05, 0) is 17.9 Å². The summed E-state index contributed by atoms with van der Waals surface area (Å²) in [5, 5.41) is 13.3. The van der Waals surface area contributed by atoms with Crippen molar-refractivity contribution < 1.29 is 9.59 Å². The van der Waals surface area contributed by atoms with Crippen molar-refractivity contribution in [3.8, 4) is 11.4 Å². The number of allylic oxidation sites excluding steroid dienone is 1. The average Bonchev–Trinajstić information content (AvgIpc) is 3.03. The maximum atomic E-state index is 12.1. The van der Waals surface area contributed by atoms with Crippen molar-refractivity contribution in [2.75, 3.05) is 7.05 Å². The summed E-state index contributed by atoms with van der Waals surface area (Å²) in [4.78, 5) is 23.5. The summed E-state index contributed by atoms with van der Waals surface area (Å²) in [6.07, 6.45) is 1.76. The van der Waals surface area contributed by atoms with E-state index in [1.54, 1.807) is 13.0 Å². The van der Waals surface area contributed by atoms with Gasteiger partial charge in [-0.3, -0.25) is 14.7 Å². The zero-order valence-corrected chi connectivity index (χ0v) is 17.8. The second-order valence-electron chi connectivity index (χ2n) is 7.36. The Kier molecular flexibility index (Phi) is 7.01. The lowest BCUT2D eigenvalue weighted by Gasteiger charge is -2.19. The van der Waals surface area contributed by atoms with Crippen LogP contribution in [0.4, 0.5) is 4.79 Å². The van der Waals surface area contributed by atoms with Crippen molar-refractivity contribution in [3.63, 3.8) is 0 Å². The molecule has 2 rings (SSSR count). The molecule has 0 unspecified atom stereocenters. The standard InChI is InChI=1S/C20H27N5O2S/c1-7-12-25-16(14-8-10-15(11-9-14)20(3,4)5)23-24-19(25)28-13(2)17(26)22-18(27)21-6/h7-11,13H,1,12H2,2-6H3,(H2,21,22,26,27)/t13-/m1/s1. The van der Waals surface area contributed by atoms with Crippen LogP contribution in [0.25, 0.3) is 11.4 Å². The molecule has 0 radical (unpaired) electrons. The monoisotopic (exact) mass is 401 g/mol. The number of imide groups is 1. The second kappa shape index (κ2) is 9.05. The molecule has 3 amide bonds. The zero-order valence-electron chi connectivity index (χ0n) is 16.9. The lowest BCUT2D eigenvalue weighted by atomic mass is 9.87. The van der Waals surface area contributed by atoms with Crippen LogP contribution in [0.5, 0.6) is 0 Å². The fourth-order valence-electron chi connectivity index (χ4n) is 2.49. The minimum atomic E-state index is -0.537. The molecule has 0 spiro atoms. The van der Waals surface area contributed by atoms with Gasteiger partial charge in [-0.15, -0.1) is 16.8 Å². The predicted octanol–water partition coefficient (Wildman–Crippen LogP) is 3.36. The van der Waals surface area contributed by atoms with E-state index >= 15 is 0 Å². The summed E-state index contributed by atoms with van der Waals surface area (Å²) in [5.74, 6) is 0.315. The number of aromatic nitrogens is 3. The van der Waals surface area contributed by atoms with E-state index in [0.29, 0.717) is 17.5 Å². The minimum Gasteiger partial charge on any atom is -0.341 e. The van der Waals surface area contributed by atoms with Crippen molar-refractivity contribution in [2.45, 2.75) is 50.1 Å². The van der Waals surface area contributed by atoms with Crippen molar-refractivity contribution in [1.82, 2.24) is 25.4 Å². The van der Waals surface area contributed by atoms with Crippen LogP contribution in [0.1, 0.15) is 33.3 Å². The fraction of sp³-hybridized carbons (Fsp3) is 0.400. The van der Waals surface area contributed by atoms with Crippen molar-refractivity contribution >= 4 is 23.7 Å². The largest absolute Gasteiger partial charge is 0.341 e. The maximum Gasteiger partial charge on any atom is 0.321 e. The average molecular weight is 402 g/mol. The van der Waals surface area contributed by atoms with Crippen molar-refractivity contribution in [1.29, 1.82) is 0 Å². The number of benzene rings is 1. The molecule has 8 heteroatoms. The van der Waals surface area contributed by atoms with E-state index in [1.807, 2.05) is 16.7 Å². The molecule has 1 atom stereocenters. The van der Waals surface area contributed by atoms with Gasteiger partial charge in [0.05, 0.1) is 5.25 Å². The van der Waals surface area contributed by atoms with Gasteiger partial charge in [0.25, 0.3) is 0 Å². The lowest BCUT2D eigenvalue weighted by Crippen LogP contribution is -2.41. The Morgan fingerprint density at radius 2 is 1.89 bits per heavy atom.